The highest BCUT2D eigenvalue weighted by molar-refractivity contribution is 5.85. The smallest absolute Gasteiger partial charge is 0.120 e. The summed E-state index contributed by atoms with van der Waals surface area (Å²) in [6, 6.07) is 0. The summed E-state index contributed by atoms with van der Waals surface area (Å²) < 4.78 is 0. The highest BCUT2D eigenvalue weighted by Crippen LogP contribution is 1.92. The Hall–Kier alpha value is -0.250. The molecule has 0 saturated heterocycles. The molecule has 0 atom stereocenters. The molecule has 11 heavy (non-hydrogen) atoms. The molecule has 1 aromatic heterocycles. The van der Waals surface area contributed by atoms with E-state index in [1.165, 1.54) is 0 Å². The topological polar surface area (TPSA) is 40.7 Å². The number of nitrogens with one attached hydrogen (secondary N) is 2. The van der Waals surface area contributed by atoms with E-state index in [4.69, 9.17) is 0 Å². The van der Waals surface area contributed by atoms with Crippen molar-refractivity contribution in [1.29, 1.82) is 0 Å². The monoisotopic (exact) mass is 197 g/mol. The van der Waals surface area contributed by atoms with Gasteiger partial charge in [-0.2, -0.15) is 0 Å². The third-order valence-corrected chi connectivity index (χ3v) is 1.10. The van der Waals surface area contributed by atoms with Gasteiger partial charge in [-0.3, -0.25) is 0 Å². The molecule has 0 aromatic carbocycles. The molecular formula is C6H13Cl2N3. The Balaban J connectivity index is 0. The normalized spacial score (nSPS) is 8.18. The molecule has 0 bridgehead atoms. The second kappa shape index (κ2) is 6.46. The van der Waals surface area contributed by atoms with Gasteiger partial charge >= 0.3 is 0 Å². The van der Waals surface area contributed by atoms with Crippen molar-refractivity contribution in [2.75, 3.05) is 7.05 Å². The van der Waals surface area contributed by atoms with E-state index in [1.54, 1.807) is 0 Å². The standard InChI is InChI=1S/C6H11N3.2ClH/c1-5-3-8-6(9-5)4-7-2;;/h3,7H,4H2,1-2H3,(H,8,9);2*1H. The number of imidazole rings is 1. The number of hydrogen-bond acceptors (Lipinski definition) is 2. The van der Waals surface area contributed by atoms with Crippen LogP contribution in [-0.4, -0.2) is 17.0 Å². The quantitative estimate of drug-likeness (QED) is 0.751. The van der Waals surface area contributed by atoms with Gasteiger partial charge in [0.05, 0.1) is 6.54 Å². The molecule has 1 rings (SSSR count). The van der Waals surface area contributed by atoms with E-state index in [0.717, 1.165) is 18.1 Å². The lowest BCUT2D eigenvalue weighted by Crippen LogP contribution is -2.06. The van der Waals surface area contributed by atoms with Crippen LogP contribution in [0.15, 0.2) is 6.20 Å². The number of hydrogen-bond donors (Lipinski definition) is 2. The van der Waals surface area contributed by atoms with E-state index in [9.17, 15) is 0 Å². The van der Waals surface area contributed by atoms with Crippen molar-refractivity contribution in [2.45, 2.75) is 13.5 Å². The van der Waals surface area contributed by atoms with Crippen LogP contribution in [0.1, 0.15) is 11.5 Å². The second-order valence-corrected chi connectivity index (χ2v) is 2.04. The average Bonchev–Trinajstić information content (AvgIpc) is 2.17. The minimum absolute atomic E-state index is 0. The molecule has 0 unspecified atom stereocenters. The fourth-order valence-electron chi connectivity index (χ4n) is 0.724. The van der Waals surface area contributed by atoms with Crippen LogP contribution in [-0.2, 0) is 6.54 Å². The van der Waals surface area contributed by atoms with Gasteiger partial charge in [-0.1, -0.05) is 0 Å². The summed E-state index contributed by atoms with van der Waals surface area (Å²) in [5, 5.41) is 3.00. The van der Waals surface area contributed by atoms with E-state index in [1.807, 2.05) is 20.2 Å². The van der Waals surface area contributed by atoms with Crippen molar-refractivity contribution in [3.05, 3.63) is 17.7 Å². The lowest BCUT2D eigenvalue weighted by Gasteiger charge is -1.90. The fraction of sp³-hybridized carbons (Fsp3) is 0.500. The maximum Gasteiger partial charge on any atom is 0.120 e. The third-order valence-electron chi connectivity index (χ3n) is 1.10. The number of rotatable bonds is 2. The molecule has 0 aliphatic carbocycles. The Labute approximate surface area is 78.8 Å². The van der Waals surface area contributed by atoms with Crippen LogP contribution in [0.5, 0.6) is 0 Å². The summed E-state index contributed by atoms with van der Waals surface area (Å²) in [6.07, 6.45) is 1.83. The summed E-state index contributed by atoms with van der Waals surface area (Å²) in [4.78, 5) is 7.19. The lowest BCUT2D eigenvalue weighted by molar-refractivity contribution is 0.770. The molecule has 0 aliphatic rings. The van der Waals surface area contributed by atoms with Gasteiger partial charge in [0.25, 0.3) is 0 Å². The number of H-pyrrole nitrogens is 1. The van der Waals surface area contributed by atoms with Gasteiger partial charge in [0.15, 0.2) is 0 Å². The van der Waals surface area contributed by atoms with Crippen molar-refractivity contribution in [3.63, 3.8) is 0 Å². The SMILES string of the molecule is CNCc1ncc(C)[nH]1.Cl.Cl. The molecule has 0 radical (unpaired) electrons. The lowest BCUT2D eigenvalue weighted by atomic mass is 10.6. The number of aromatic nitrogens is 2. The second-order valence-electron chi connectivity index (χ2n) is 2.04. The zero-order chi connectivity index (χ0) is 6.69. The molecule has 5 heteroatoms. The van der Waals surface area contributed by atoms with Crippen molar-refractivity contribution >= 4 is 24.8 Å². The Morgan fingerprint density at radius 2 is 2.18 bits per heavy atom. The Kier molecular flexibility index (Phi) is 7.84. The molecule has 0 fully saturated rings. The first-order valence-electron chi connectivity index (χ1n) is 2.98. The van der Waals surface area contributed by atoms with Gasteiger partial charge in [0, 0.05) is 11.9 Å². The molecule has 0 spiro atoms. The van der Waals surface area contributed by atoms with Crippen LogP contribution < -0.4 is 5.32 Å². The molecule has 0 saturated carbocycles. The van der Waals surface area contributed by atoms with Gasteiger partial charge < -0.3 is 10.3 Å². The highest BCUT2D eigenvalue weighted by Gasteiger charge is 1.91. The number of aryl methyl sites for hydroxylation is 1. The van der Waals surface area contributed by atoms with Gasteiger partial charge in [-0.15, -0.1) is 24.8 Å². The van der Waals surface area contributed by atoms with Crippen molar-refractivity contribution < 1.29 is 0 Å². The summed E-state index contributed by atoms with van der Waals surface area (Å²) in [5.41, 5.74) is 1.11. The van der Waals surface area contributed by atoms with Crippen LogP contribution in [0.3, 0.4) is 0 Å². The van der Waals surface area contributed by atoms with E-state index in [2.05, 4.69) is 15.3 Å². The summed E-state index contributed by atoms with van der Waals surface area (Å²) >= 11 is 0. The van der Waals surface area contributed by atoms with Crippen LogP contribution in [0, 0.1) is 6.92 Å². The molecule has 1 aromatic rings. The molecule has 0 aliphatic heterocycles. The molecule has 1 heterocycles. The van der Waals surface area contributed by atoms with E-state index in [0.29, 0.717) is 0 Å². The van der Waals surface area contributed by atoms with Crippen LogP contribution >= 0.6 is 24.8 Å². The Morgan fingerprint density at radius 1 is 1.55 bits per heavy atom. The van der Waals surface area contributed by atoms with E-state index >= 15 is 0 Å². The predicted octanol–water partition coefficient (Wildman–Crippen LogP) is 1.28. The van der Waals surface area contributed by atoms with E-state index < -0.39 is 0 Å². The number of nitrogens with zero attached hydrogens (tertiary/aromatic N) is 1. The van der Waals surface area contributed by atoms with Gasteiger partial charge in [-0.05, 0) is 14.0 Å². The first-order valence-corrected chi connectivity index (χ1v) is 2.98. The Bertz CT molecular complexity index is 188. The number of aromatic amines is 1. The van der Waals surface area contributed by atoms with Gasteiger partial charge in [-0.25, -0.2) is 4.98 Å². The summed E-state index contributed by atoms with van der Waals surface area (Å²) in [7, 11) is 1.90. The summed E-state index contributed by atoms with van der Waals surface area (Å²) in [6.45, 7) is 2.81. The maximum atomic E-state index is 4.09. The van der Waals surface area contributed by atoms with Gasteiger partial charge in [0.2, 0.25) is 0 Å². The molecule has 3 nitrogen and oxygen atoms in total. The average molecular weight is 198 g/mol. The minimum Gasteiger partial charge on any atom is -0.345 e. The van der Waals surface area contributed by atoms with Crippen LogP contribution in [0.4, 0.5) is 0 Å². The van der Waals surface area contributed by atoms with Crippen molar-refractivity contribution in [3.8, 4) is 0 Å². The largest absolute Gasteiger partial charge is 0.345 e. The maximum absolute atomic E-state index is 4.09. The molecule has 0 amide bonds. The van der Waals surface area contributed by atoms with Gasteiger partial charge in [0.1, 0.15) is 5.82 Å². The minimum atomic E-state index is 0. The van der Waals surface area contributed by atoms with Crippen LogP contribution in [0.25, 0.3) is 0 Å². The summed E-state index contributed by atoms with van der Waals surface area (Å²) in [5.74, 6) is 0.995. The predicted molar refractivity (Wildman–Crippen MR) is 50.6 cm³/mol. The third kappa shape index (κ3) is 4.24. The molecular weight excluding hydrogens is 185 g/mol. The molecule has 2 N–H and O–H groups in total. The highest BCUT2D eigenvalue weighted by atomic mass is 35.5. The first-order chi connectivity index (χ1) is 4.33. The number of halogens is 2. The van der Waals surface area contributed by atoms with Crippen LogP contribution in [0.2, 0.25) is 0 Å². The van der Waals surface area contributed by atoms with Crippen molar-refractivity contribution in [2.24, 2.45) is 0 Å². The zero-order valence-corrected chi connectivity index (χ0v) is 8.18. The fourth-order valence-corrected chi connectivity index (χ4v) is 0.724. The van der Waals surface area contributed by atoms with Crippen molar-refractivity contribution in [1.82, 2.24) is 15.3 Å². The Morgan fingerprint density at radius 3 is 2.55 bits per heavy atom. The molecule has 66 valence electrons. The zero-order valence-electron chi connectivity index (χ0n) is 6.55. The van der Waals surface area contributed by atoms with E-state index in [-0.39, 0.29) is 24.8 Å². The first kappa shape index (κ1) is 13.3.